The topological polar surface area (TPSA) is 38.7 Å². The summed E-state index contributed by atoms with van der Waals surface area (Å²) in [6.45, 7) is 0.226. The van der Waals surface area contributed by atoms with Gasteiger partial charge in [0.05, 0.1) is 15.6 Å². The van der Waals surface area contributed by atoms with Crippen LogP contribution in [-0.4, -0.2) is 21.7 Å². The van der Waals surface area contributed by atoms with Gasteiger partial charge >= 0.3 is 0 Å². The first-order valence-electron chi connectivity index (χ1n) is 10.4. The predicted molar refractivity (Wildman–Crippen MR) is 133 cm³/mol. The maximum Gasteiger partial charge on any atom is 0.254 e. The van der Waals surface area contributed by atoms with E-state index in [9.17, 15) is 0 Å². The molecule has 0 N–H and O–H groups in total. The van der Waals surface area contributed by atoms with E-state index in [1.54, 1.807) is 0 Å². The van der Waals surface area contributed by atoms with E-state index >= 15 is 0 Å². The van der Waals surface area contributed by atoms with Gasteiger partial charge in [-0.2, -0.15) is 0 Å². The molecule has 0 saturated carbocycles. The fraction of sp³-hybridized carbons (Fsp3) is 0. The van der Waals surface area contributed by atoms with E-state index < -0.39 is 0 Å². The lowest BCUT2D eigenvalue weighted by Gasteiger charge is -2.36. The van der Waals surface area contributed by atoms with Crippen LogP contribution in [0.15, 0.2) is 103 Å². The number of rotatable bonds is 1. The summed E-state index contributed by atoms with van der Waals surface area (Å²) in [6.07, 6.45) is 5.76. The Morgan fingerprint density at radius 2 is 1.31 bits per heavy atom. The largest absolute Gasteiger partial charge is 0.256 e. The summed E-state index contributed by atoms with van der Waals surface area (Å²) in [4.78, 5) is 19.4. The van der Waals surface area contributed by atoms with Crippen molar-refractivity contribution in [2.75, 3.05) is 0 Å². The molecule has 0 radical (unpaired) electrons. The Morgan fingerprint density at radius 1 is 0.594 bits per heavy atom. The molecule has 148 valence electrons. The van der Waals surface area contributed by atoms with E-state index in [2.05, 4.69) is 53.5 Å². The Labute approximate surface area is 197 Å². The Balaban J connectivity index is 1.44. The molecule has 3 aromatic heterocycles. The van der Waals surface area contributed by atoms with Crippen molar-refractivity contribution in [3.05, 3.63) is 73.2 Å². The van der Waals surface area contributed by atoms with Gasteiger partial charge in [0.2, 0.25) is 0 Å². The monoisotopic (exact) mass is 461 g/mol. The number of aromatic nitrogens is 3. The molecule has 3 aliphatic rings. The van der Waals surface area contributed by atoms with Gasteiger partial charge in [-0.1, -0.05) is 53.5 Å². The first-order chi connectivity index (χ1) is 15.8. The highest BCUT2D eigenvalue weighted by atomic mass is 32.2. The van der Waals surface area contributed by atoms with Gasteiger partial charge in [-0.05, 0) is 63.9 Å². The van der Waals surface area contributed by atoms with Crippen molar-refractivity contribution < 1.29 is 0 Å². The quantitative estimate of drug-likeness (QED) is 0.333. The van der Waals surface area contributed by atoms with Crippen LogP contribution in [-0.2, 0) is 0 Å². The van der Waals surface area contributed by atoms with Gasteiger partial charge in [0.15, 0.2) is 0 Å². The number of nitrogens with zero attached hydrogens (tertiary/aromatic N) is 3. The molecule has 7 heteroatoms. The number of hydrogen-bond acceptors (Lipinski definition) is 6. The van der Waals surface area contributed by atoms with Crippen LogP contribution in [0.5, 0.6) is 0 Å². The summed E-state index contributed by atoms with van der Waals surface area (Å²) < 4.78 is 0. The summed E-state index contributed by atoms with van der Waals surface area (Å²) in [6, 6.07) is 19.6. The molecule has 0 aliphatic carbocycles. The fourth-order valence-corrected chi connectivity index (χ4v) is 8.78. The lowest BCUT2D eigenvalue weighted by molar-refractivity contribution is 1.08. The molecule has 0 atom stereocenters. The molecule has 0 amide bonds. The number of benzene rings is 2. The SMILES string of the molecule is c1cc(-c2cc3c4c(c2)Sc2nccc5c2B4c2c(ccnc2S3)S5)c2cccnc2c1. The minimum atomic E-state index is 0.226. The third-order valence-corrected chi connectivity index (χ3v) is 9.69. The van der Waals surface area contributed by atoms with Gasteiger partial charge in [0.1, 0.15) is 0 Å². The summed E-state index contributed by atoms with van der Waals surface area (Å²) in [5.74, 6) is 0. The Hall–Kier alpha value is -2.74. The van der Waals surface area contributed by atoms with Crippen LogP contribution in [0.3, 0.4) is 0 Å². The Bertz CT molecular complexity index is 1550. The second kappa shape index (κ2) is 6.41. The van der Waals surface area contributed by atoms with Crippen LogP contribution in [0.1, 0.15) is 0 Å². The van der Waals surface area contributed by atoms with E-state index in [4.69, 9.17) is 9.97 Å². The van der Waals surface area contributed by atoms with Crippen LogP contribution < -0.4 is 16.4 Å². The molecule has 8 rings (SSSR count). The second-order valence-electron chi connectivity index (χ2n) is 8.06. The zero-order valence-corrected chi connectivity index (χ0v) is 19.0. The van der Waals surface area contributed by atoms with Crippen molar-refractivity contribution in [3.8, 4) is 11.1 Å². The summed E-state index contributed by atoms with van der Waals surface area (Å²) >= 11 is 5.47. The van der Waals surface area contributed by atoms with Gasteiger partial charge in [0.25, 0.3) is 6.71 Å². The van der Waals surface area contributed by atoms with Crippen molar-refractivity contribution in [1.29, 1.82) is 0 Å². The summed E-state index contributed by atoms with van der Waals surface area (Å²) in [5.41, 5.74) is 7.61. The van der Waals surface area contributed by atoms with Gasteiger partial charge in [0, 0.05) is 43.6 Å². The third kappa shape index (κ3) is 2.31. The molecule has 0 spiro atoms. The van der Waals surface area contributed by atoms with Crippen LogP contribution in [0.4, 0.5) is 0 Å². The Morgan fingerprint density at radius 3 is 2.03 bits per heavy atom. The van der Waals surface area contributed by atoms with Crippen molar-refractivity contribution in [3.63, 3.8) is 0 Å². The number of pyridine rings is 3. The van der Waals surface area contributed by atoms with E-state index in [1.807, 2.05) is 59.9 Å². The molecule has 0 bridgehead atoms. The number of hydrogen-bond donors (Lipinski definition) is 0. The number of fused-ring (bicyclic) bond motifs is 1. The average molecular weight is 461 g/mol. The van der Waals surface area contributed by atoms with Gasteiger partial charge in [-0.15, -0.1) is 0 Å². The zero-order chi connectivity index (χ0) is 20.8. The van der Waals surface area contributed by atoms with E-state index in [-0.39, 0.29) is 6.71 Å². The minimum Gasteiger partial charge on any atom is -0.256 e. The molecule has 2 aromatic carbocycles. The molecule has 3 aliphatic heterocycles. The van der Waals surface area contributed by atoms with Crippen molar-refractivity contribution >= 4 is 69.3 Å². The smallest absolute Gasteiger partial charge is 0.254 e. The average Bonchev–Trinajstić information content (AvgIpc) is 2.83. The standard InChI is InChI=1S/C25H12BN3S3/c1-3-14(15-4-2-8-27-16(15)5-1)13-11-19-21-20(12-13)32-25-23-18(7-10-29-25)30-17-6-9-28-24(31-19)22(17)26(21)23/h1-12H. The second-order valence-corrected chi connectivity index (χ2v) is 11.2. The summed E-state index contributed by atoms with van der Waals surface area (Å²) in [5, 5.41) is 3.43. The highest BCUT2D eigenvalue weighted by molar-refractivity contribution is 8.02. The van der Waals surface area contributed by atoms with Gasteiger partial charge < -0.3 is 0 Å². The molecule has 32 heavy (non-hydrogen) atoms. The van der Waals surface area contributed by atoms with Crippen LogP contribution in [0.2, 0.25) is 0 Å². The van der Waals surface area contributed by atoms with E-state index in [1.165, 1.54) is 52.5 Å². The van der Waals surface area contributed by atoms with Crippen LogP contribution in [0, 0.1) is 0 Å². The molecule has 6 heterocycles. The minimum absolute atomic E-state index is 0.226. The van der Waals surface area contributed by atoms with Crippen LogP contribution in [0.25, 0.3) is 22.0 Å². The lowest BCUT2D eigenvalue weighted by atomic mass is 9.36. The van der Waals surface area contributed by atoms with Crippen molar-refractivity contribution in [1.82, 2.24) is 15.0 Å². The van der Waals surface area contributed by atoms with Crippen LogP contribution >= 0.6 is 35.3 Å². The molecule has 0 unspecified atom stereocenters. The predicted octanol–water partition coefficient (Wildman–Crippen LogP) is 4.60. The highest BCUT2D eigenvalue weighted by Crippen LogP contribution is 2.45. The highest BCUT2D eigenvalue weighted by Gasteiger charge is 2.44. The first-order valence-corrected chi connectivity index (χ1v) is 12.8. The normalized spacial score (nSPS) is 14.4. The molecular formula is C25H12BN3S3. The molecule has 0 saturated heterocycles. The van der Waals surface area contributed by atoms with E-state index in [0.717, 1.165) is 15.6 Å². The molecule has 3 nitrogen and oxygen atoms in total. The first kappa shape index (κ1) is 17.8. The molecule has 0 fully saturated rings. The maximum absolute atomic E-state index is 4.80. The maximum atomic E-state index is 4.80. The van der Waals surface area contributed by atoms with Gasteiger partial charge in [-0.3, -0.25) is 15.0 Å². The van der Waals surface area contributed by atoms with Crippen molar-refractivity contribution in [2.45, 2.75) is 29.6 Å². The fourth-order valence-electron chi connectivity index (χ4n) is 5.07. The molecule has 5 aromatic rings. The van der Waals surface area contributed by atoms with Crippen molar-refractivity contribution in [2.24, 2.45) is 0 Å². The third-order valence-electron chi connectivity index (χ3n) is 6.39. The molecular weight excluding hydrogens is 449 g/mol. The van der Waals surface area contributed by atoms with Gasteiger partial charge in [-0.25, -0.2) is 0 Å². The lowest BCUT2D eigenvalue weighted by Crippen LogP contribution is -2.61. The Kier molecular flexibility index (Phi) is 3.56. The summed E-state index contributed by atoms with van der Waals surface area (Å²) in [7, 11) is 0. The zero-order valence-electron chi connectivity index (χ0n) is 16.6. The van der Waals surface area contributed by atoms with E-state index in [0.29, 0.717) is 0 Å².